The van der Waals surface area contributed by atoms with Crippen molar-refractivity contribution < 1.29 is 14.6 Å². The van der Waals surface area contributed by atoms with Crippen molar-refractivity contribution in [2.24, 2.45) is 11.3 Å². The standard InChI is InChI=1S/C10H19O3/c1-8(7-10(2,3)4)5-6-13-9(11)12/h8H,5-7H2,1-4H3. The van der Waals surface area contributed by atoms with Crippen molar-refractivity contribution in [1.29, 1.82) is 0 Å². The minimum atomic E-state index is -1.43. The minimum absolute atomic E-state index is 0.250. The van der Waals surface area contributed by atoms with Gasteiger partial charge in [-0.15, -0.1) is 0 Å². The van der Waals surface area contributed by atoms with Crippen LogP contribution in [-0.4, -0.2) is 12.8 Å². The van der Waals surface area contributed by atoms with Crippen molar-refractivity contribution in [2.45, 2.75) is 40.5 Å². The summed E-state index contributed by atoms with van der Waals surface area (Å²) in [5.74, 6) is 0.486. The lowest BCUT2D eigenvalue weighted by Gasteiger charge is -2.22. The van der Waals surface area contributed by atoms with E-state index in [1.54, 1.807) is 0 Å². The number of hydrogen-bond donors (Lipinski definition) is 0. The predicted molar refractivity (Wildman–Crippen MR) is 49.9 cm³/mol. The highest BCUT2D eigenvalue weighted by molar-refractivity contribution is 5.56. The van der Waals surface area contributed by atoms with Crippen LogP contribution in [0.3, 0.4) is 0 Å². The van der Waals surface area contributed by atoms with Crippen LogP contribution >= 0.6 is 0 Å². The van der Waals surface area contributed by atoms with E-state index in [0.717, 1.165) is 12.8 Å². The van der Waals surface area contributed by atoms with E-state index in [4.69, 9.17) is 0 Å². The number of carbonyl (C=O) groups excluding carboxylic acids is 1. The molecule has 0 rings (SSSR count). The number of carbonyl (C=O) groups is 1. The van der Waals surface area contributed by atoms with E-state index in [-0.39, 0.29) is 6.61 Å². The van der Waals surface area contributed by atoms with Gasteiger partial charge in [-0.2, -0.15) is 9.90 Å². The molecule has 0 spiro atoms. The molecule has 0 aliphatic heterocycles. The highest BCUT2D eigenvalue weighted by Crippen LogP contribution is 2.25. The lowest BCUT2D eigenvalue weighted by molar-refractivity contribution is 0.0624. The molecule has 0 fully saturated rings. The molecule has 0 aromatic heterocycles. The van der Waals surface area contributed by atoms with Gasteiger partial charge in [-0.1, -0.05) is 27.7 Å². The van der Waals surface area contributed by atoms with Crippen LogP contribution in [0, 0.1) is 11.3 Å². The quantitative estimate of drug-likeness (QED) is 0.635. The van der Waals surface area contributed by atoms with E-state index < -0.39 is 6.16 Å². The molecular formula is C10H19O3. The van der Waals surface area contributed by atoms with Gasteiger partial charge in [-0.3, -0.25) is 0 Å². The molecular weight excluding hydrogens is 168 g/mol. The van der Waals surface area contributed by atoms with E-state index in [1.807, 2.05) is 0 Å². The van der Waals surface area contributed by atoms with Crippen LogP contribution in [0.5, 0.6) is 0 Å². The summed E-state index contributed by atoms with van der Waals surface area (Å²) >= 11 is 0. The third-order valence-corrected chi connectivity index (χ3v) is 1.79. The van der Waals surface area contributed by atoms with Gasteiger partial charge < -0.3 is 4.74 Å². The van der Waals surface area contributed by atoms with Crippen LogP contribution in [0.15, 0.2) is 0 Å². The topological polar surface area (TPSA) is 46.2 Å². The second kappa shape index (κ2) is 5.10. The van der Waals surface area contributed by atoms with Crippen LogP contribution in [0.25, 0.3) is 0 Å². The molecule has 0 N–H and O–H groups in total. The highest BCUT2D eigenvalue weighted by atomic mass is 16.7. The Balaban J connectivity index is 3.52. The Morgan fingerprint density at radius 2 is 1.92 bits per heavy atom. The normalized spacial score (nSPS) is 13.8. The fraction of sp³-hybridized carbons (Fsp3) is 0.900. The summed E-state index contributed by atoms with van der Waals surface area (Å²) in [6, 6.07) is 0. The lowest BCUT2D eigenvalue weighted by atomic mass is 9.84. The maximum Gasteiger partial charge on any atom is 0.549 e. The molecule has 0 aliphatic rings. The second-order valence-corrected chi connectivity index (χ2v) is 4.76. The average molecular weight is 187 g/mol. The fourth-order valence-electron chi connectivity index (χ4n) is 1.49. The molecule has 0 heterocycles. The molecule has 77 valence electrons. The zero-order valence-corrected chi connectivity index (χ0v) is 8.92. The Bertz CT molecular complexity index is 158. The first kappa shape index (κ1) is 12.3. The Labute approximate surface area is 80.1 Å². The first-order valence-corrected chi connectivity index (χ1v) is 4.65. The Morgan fingerprint density at radius 1 is 1.38 bits per heavy atom. The van der Waals surface area contributed by atoms with Gasteiger partial charge in [0.1, 0.15) is 0 Å². The molecule has 0 aromatic rings. The van der Waals surface area contributed by atoms with Gasteiger partial charge in [0.15, 0.2) is 0 Å². The second-order valence-electron chi connectivity index (χ2n) is 4.76. The largest absolute Gasteiger partial charge is 0.549 e. The molecule has 0 saturated heterocycles. The van der Waals surface area contributed by atoms with Gasteiger partial charge in [0, 0.05) is 0 Å². The number of rotatable bonds is 4. The van der Waals surface area contributed by atoms with Crippen LogP contribution in [0.1, 0.15) is 40.5 Å². The van der Waals surface area contributed by atoms with Gasteiger partial charge in [0.2, 0.25) is 0 Å². The SMILES string of the molecule is CC(CCOC([O])=O)CC(C)(C)C. The number of ether oxygens (including phenoxy) is 1. The summed E-state index contributed by atoms with van der Waals surface area (Å²) < 4.78 is 4.33. The van der Waals surface area contributed by atoms with Crippen molar-refractivity contribution in [3.05, 3.63) is 0 Å². The van der Waals surface area contributed by atoms with E-state index >= 15 is 0 Å². The maximum absolute atomic E-state index is 9.93. The van der Waals surface area contributed by atoms with Gasteiger partial charge in [-0.05, 0) is 24.2 Å². The molecule has 1 radical (unpaired) electrons. The lowest BCUT2D eigenvalue weighted by Crippen LogP contribution is -2.13. The van der Waals surface area contributed by atoms with E-state index in [9.17, 15) is 9.90 Å². The first-order valence-electron chi connectivity index (χ1n) is 4.65. The summed E-state index contributed by atoms with van der Waals surface area (Å²) in [4.78, 5) is 9.93. The zero-order valence-electron chi connectivity index (χ0n) is 8.92. The van der Waals surface area contributed by atoms with Crippen LogP contribution in [0.2, 0.25) is 0 Å². The van der Waals surface area contributed by atoms with Crippen LogP contribution in [-0.2, 0) is 9.84 Å². The maximum atomic E-state index is 9.93. The zero-order chi connectivity index (χ0) is 10.5. The third-order valence-electron chi connectivity index (χ3n) is 1.79. The molecule has 0 saturated carbocycles. The fourth-order valence-corrected chi connectivity index (χ4v) is 1.49. The van der Waals surface area contributed by atoms with Crippen molar-refractivity contribution >= 4 is 6.16 Å². The van der Waals surface area contributed by atoms with E-state index in [1.165, 1.54) is 0 Å². The Kier molecular flexibility index (Phi) is 4.81. The smallest absolute Gasteiger partial charge is 0.432 e. The van der Waals surface area contributed by atoms with Crippen LogP contribution in [0.4, 0.5) is 4.79 Å². The molecule has 0 aromatic carbocycles. The molecule has 0 bridgehead atoms. The first-order chi connectivity index (χ1) is 5.81. The van der Waals surface area contributed by atoms with Crippen molar-refractivity contribution in [3.63, 3.8) is 0 Å². The molecule has 3 heteroatoms. The van der Waals surface area contributed by atoms with Gasteiger partial charge in [0.25, 0.3) is 0 Å². The van der Waals surface area contributed by atoms with Crippen molar-refractivity contribution in [2.75, 3.05) is 6.61 Å². The summed E-state index contributed by atoms with van der Waals surface area (Å²) in [6.07, 6.45) is 0.414. The van der Waals surface area contributed by atoms with Gasteiger partial charge in [-0.25, -0.2) is 0 Å². The Morgan fingerprint density at radius 3 is 2.31 bits per heavy atom. The molecule has 1 unspecified atom stereocenters. The molecule has 13 heavy (non-hydrogen) atoms. The van der Waals surface area contributed by atoms with Crippen molar-refractivity contribution in [3.8, 4) is 0 Å². The molecule has 1 atom stereocenters. The van der Waals surface area contributed by atoms with Crippen molar-refractivity contribution in [1.82, 2.24) is 0 Å². The van der Waals surface area contributed by atoms with E-state index in [2.05, 4.69) is 32.4 Å². The summed E-state index contributed by atoms with van der Waals surface area (Å²) in [5, 5.41) is 9.93. The summed E-state index contributed by atoms with van der Waals surface area (Å²) in [5.41, 5.74) is 0.293. The van der Waals surface area contributed by atoms with Gasteiger partial charge >= 0.3 is 6.16 Å². The molecule has 3 nitrogen and oxygen atoms in total. The predicted octanol–water partition coefficient (Wildman–Crippen LogP) is 3.02. The van der Waals surface area contributed by atoms with Gasteiger partial charge in [0.05, 0.1) is 6.61 Å². The summed E-state index contributed by atoms with van der Waals surface area (Å²) in [6.45, 7) is 8.86. The monoisotopic (exact) mass is 187 g/mol. The highest BCUT2D eigenvalue weighted by Gasteiger charge is 2.15. The van der Waals surface area contributed by atoms with E-state index in [0.29, 0.717) is 11.3 Å². The molecule has 0 amide bonds. The third kappa shape index (κ3) is 9.18. The molecule has 0 aliphatic carbocycles. The minimum Gasteiger partial charge on any atom is -0.432 e. The number of hydrogen-bond acceptors (Lipinski definition) is 2. The average Bonchev–Trinajstić information content (AvgIpc) is 1.81. The summed E-state index contributed by atoms with van der Waals surface area (Å²) in [7, 11) is 0. The Hall–Kier alpha value is -0.730. The van der Waals surface area contributed by atoms with Crippen LogP contribution < -0.4 is 0 Å².